The number of aryl methyl sites for hydroxylation is 2. The molecule has 0 amide bonds. The van der Waals surface area contributed by atoms with Gasteiger partial charge in [-0.1, -0.05) is 53.6 Å². The van der Waals surface area contributed by atoms with Crippen molar-refractivity contribution in [3.8, 4) is 0 Å². The van der Waals surface area contributed by atoms with Crippen molar-refractivity contribution in [3.63, 3.8) is 0 Å². The van der Waals surface area contributed by atoms with Crippen LogP contribution in [-0.4, -0.2) is 19.3 Å². The van der Waals surface area contributed by atoms with E-state index < -0.39 is 16.1 Å². The number of fused-ring (bicyclic) bond motifs is 1. The zero-order chi connectivity index (χ0) is 19.9. The Morgan fingerprint density at radius 3 is 2.21 bits per heavy atom. The van der Waals surface area contributed by atoms with Gasteiger partial charge in [0.15, 0.2) is 0 Å². The number of nitrogens with zero attached hydrogens (tertiary/aromatic N) is 1. The van der Waals surface area contributed by atoms with Gasteiger partial charge in [0.25, 0.3) is 0 Å². The number of hydrogen-bond donors (Lipinski definition) is 0. The van der Waals surface area contributed by atoms with E-state index in [0.29, 0.717) is 13.0 Å². The minimum absolute atomic E-state index is 0.279. The number of halogens is 1. The fourth-order valence-electron chi connectivity index (χ4n) is 3.81. The molecule has 1 atom stereocenters. The molecule has 0 saturated heterocycles. The molecule has 0 bridgehead atoms. The standard InChI is InChI=1S/C23H22FNO2S/c1-16-4-11-21(12-5-16)28(26,27)25-14-13-18-6-3-17(2)15-22(18)23(25)19-7-9-20(24)10-8-19/h3-12,15,23H,13-14H2,1-2H3. The van der Waals surface area contributed by atoms with Crippen LogP contribution < -0.4 is 0 Å². The Labute approximate surface area is 165 Å². The van der Waals surface area contributed by atoms with Crippen molar-refractivity contribution >= 4 is 10.0 Å². The molecule has 0 N–H and O–H groups in total. The van der Waals surface area contributed by atoms with Gasteiger partial charge < -0.3 is 0 Å². The van der Waals surface area contributed by atoms with Crippen LogP contribution >= 0.6 is 0 Å². The molecular formula is C23H22FNO2S. The predicted molar refractivity (Wildman–Crippen MR) is 108 cm³/mol. The Bertz CT molecular complexity index is 1110. The molecule has 0 fully saturated rings. The molecule has 1 aliphatic heterocycles. The first-order valence-electron chi connectivity index (χ1n) is 9.30. The smallest absolute Gasteiger partial charge is 0.207 e. The second-order valence-electron chi connectivity index (χ2n) is 7.34. The van der Waals surface area contributed by atoms with E-state index >= 15 is 0 Å². The van der Waals surface area contributed by atoms with Gasteiger partial charge in [0, 0.05) is 6.54 Å². The van der Waals surface area contributed by atoms with E-state index in [2.05, 4.69) is 6.07 Å². The first kappa shape index (κ1) is 18.8. The Hall–Kier alpha value is -2.50. The summed E-state index contributed by atoms with van der Waals surface area (Å²) in [7, 11) is -3.70. The van der Waals surface area contributed by atoms with Crippen LogP contribution in [0.25, 0.3) is 0 Å². The van der Waals surface area contributed by atoms with Gasteiger partial charge in [0.05, 0.1) is 10.9 Å². The minimum Gasteiger partial charge on any atom is -0.207 e. The van der Waals surface area contributed by atoms with Gasteiger partial charge >= 0.3 is 0 Å². The van der Waals surface area contributed by atoms with Gasteiger partial charge in [-0.05, 0) is 61.2 Å². The van der Waals surface area contributed by atoms with Gasteiger partial charge in [-0.3, -0.25) is 0 Å². The van der Waals surface area contributed by atoms with Crippen LogP contribution in [0, 0.1) is 19.7 Å². The zero-order valence-electron chi connectivity index (χ0n) is 15.9. The third-order valence-electron chi connectivity index (χ3n) is 5.30. The molecule has 4 rings (SSSR count). The maximum atomic E-state index is 13.5. The molecule has 3 aromatic rings. The molecule has 0 aromatic heterocycles. The van der Waals surface area contributed by atoms with Crippen molar-refractivity contribution in [3.05, 3.63) is 100 Å². The van der Waals surface area contributed by atoms with Gasteiger partial charge in [0.1, 0.15) is 5.82 Å². The summed E-state index contributed by atoms with van der Waals surface area (Å²) in [6.07, 6.45) is 0.651. The quantitative estimate of drug-likeness (QED) is 0.640. The average Bonchev–Trinajstić information content (AvgIpc) is 2.68. The molecule has 0 radical (unpaired) electrons. The Morgan fingerprint density at radius 1 is 0.893 bits per heavy atom. The van der Waals surface area contributed by atoms with E-state index in [-0.39, 0.29) is 10.7 Å². The second-order valence-corrected chi connectivity index (χ2v) is 9.23. The SMILES string of the molecule is Cc1ccc(S(=O)(=O)N2CCc3ccc(C)cc3C2c2ccc(F)cc2)cc1. The molecule has 0 spiro atoms. The third-order valence-corrected chi connectivity index (χ3v) is 7.18. The summed E-state index contributed by atoms with van der Waals surface area (Å²) in [5.41, 5.74) is 4.95. The highest BCUT2D eigenvalue weighted by atomic mass is 32.2. The minimum atomic E-state index is -3.70. The number of rotatable bonds is 3. The zero-order valence-corrected chi connectivity index (χ0v) is 16.7. The molecule has 0 aliphatic carbocycles. The molecule has 28 heavy (non-hydrogen) atoms. The normalized spacial score (nSPS) is 17.3. The van der Waals surface area contributed by atoms with Gasteiger partial charge in [0.2, 0.25) is 10.0 Å². The van der Waals surface area contributed by atoms with Crippen LogP contribution in [0.2, 0.25) is 0 Å². The lowest BCUT2D eigenvalue weighted by Crippen LogP contribution is -2.40. The Kier molecular flexibility index (Phi) is 4.81. The number of sulfonamides is 1. The predicted octanol–water partition coefficient (Wildman–Crippen LogP) is 4.78. The molecule has 1 unspecified atom stereocenters. The first-order valence-corrected chi connectivity index (χ1v) is 10.7. The summed E-state index contributed by atoms with van der Waals surface area (Å²) in [5.74, 6) is -0.336. The fraction of sp³-hybridized carbons (Fsp3) is 0.217. The summed E-state index contributed by atoms with van der Waals surface area (Å²) in [4.78, 5) is 0.279. The van der Waals surface area contributed by atoms with Gasteiger partial charge in [-0.25, -0.2) is 12.8 Å². The van der Waals surface area contributed by atoms with Gasteiger partial charge in [-0.15, -0.1) is 0 Å². The monoisotopic (exact) mass is 395 g/mol. The molecule has 1 aliphatic rings. The van der Waals surface area contributed by atoms with Crippen molar-refractivity contribution in [2.75, 3.05) is 6.54 Å². The highest BCUT2D eigenvalue weighted by Gasteiger charge is 2.37. The summed E-state index contributed by atoms with van der Waals surface area (Å²) in [5, 5.41) is 0. The topological polar surface area (TPSA) is 37.4 Å². The average molecular weight is 395 g/mol. The fourth-order valence-corrected chi connectivity index (χ4v) is 5.40. The van der Waals surface area contributed by atoms with E-state index in [1.54, 1.807) is 28.6 Å². The van der Waals surface area contributed by atoms with Crippen LogP contribution in [0.1, 0.15) is 33.9 Å². The largest absolute Gasteiger partial charge is 0.243 e. The molecule has 1 heterocycles. The molecule has 3 aromatic carbocycles. The first-order chi connectivity index (χ1) is 13.4. The van der Waals surface area contributed by atoms with E-state index in [9.17, 15) is 12.8 Å². The van der Waals surface area contributed by atoms with E-state index in [4.69, 9.17) is 0 Å². The molecule has 3 nitrogen and oxygen atoms in total. The Balaban J connectivity index is 1.88. The Morgan fingerprint density at radius 2 is 1.54 bits per heavy atom. The van der Waals surface area contributed by atoms with Crippen LogP contribution in [0.5, 0.6) is 0 Å². The maximum absolute atomic E-state index is 13.5. The number of benzene rings is 3. The summed E-state index contributed by atoms with van der Waals surface area (Å²) in [6, 6.07) is 18.7. The van der Waals surface area contributed by atoms with Crippen LogP contribution in [-0.2, 0) is 16.4 Å². The molecule has 144 valence electrons. The van der Waals surface area contributed by atoms with E-state index in [1.807, 2.05) is 38.1 Å². The molecule has 5 heteroatoms. The van der Waals surface area contributed by atoms with Crippen molar-refractivity contribution in [2.45, 2.75) is 31.2 Å². The lowest BCUT2D eigenvalue weighted by molar-refractivity contribution is 0.344. The second kappa shape index (κ2) is 7.15. The lowest BCUT2D eigenvalue weighted by Gasteiger charge is -2.37. The van der Waals surface area contributed by atoms with Crippen molar-refractivity contribution in [1.29, 1.82) is 0 Å². The van der Waals surface area contributed by atoms with Crippen LogP contribution in [0.15, 0.2) is 71.6 Å². The number of hydrogen-bond acceptors (Lipinski definition) is 2. The summed E-state index contributed by atoms with van der Waals surface area (Å²) < 4.78 is 42.1. The highest BCUT2D eigenvalue weighted by Crippen LogP contribution is 2.39. The van der Waals surface area contributed by atoms with Gasteiger partial charge in [-0.2, -0.15) is 4.31 Å². The van der Waals surface area contributed by atoms with Crippen molar-refractivity contribution < 1.29 is 12.8 Å². The van der Waals surface area contributed by atoms with Crippen LogP contribution in [0.3, 0.4) is 0 Å². The van der Waals surface area contributed by atoms with E-state index in [1.165, 1.54) is 12.1 Å². The summed E-state index contributed by atoms with van der Waals surface area (Å²) >= 11 is 0. The lowest BCUT2D eigenvalue weighted by atomic mass is 9.89. The molecular weight excluding hydrogens is 373 g/mol. The van der Waals surface area contributed by atoms with Crippen molar-refractivity contribution in [1.82, 2.24) is 4.31 Å². The summed E-state index contributed by atoms with van der Waals surface area (Å²) in [6.45, 7) is 4.31. The maximum Gasteiger partial charge on any atom is 0.243 e. The molecule has 0 saturated carbocycles. The van der Waals surface area contributed by atoms with E-state index in [0.717, 1.165) is 27.8 Å². The highest BCUT2D eigenvalue weighted by molar-refractivity contribution is 7.89. The van der Waals surface area contributed by atoms with Crippen LogP contribution in [0.4, 0.5) is 4.39 Å². The van der Waals surface area contributed by atoms with Crippen molar-refractivity contribution in [2.24, 2.45) is 0 Å². The third kappa shape index (κ3) is 3.36.